The van der Waals surface area contributed by atoms with Crippen LogP contribution in [0, 0.1) is 0 Å². The molecular formula is C11H27IN4. The summed E-state index contributed by atoms with van der Waals surface area (Å²) in [5.74, 6) is 0.919. The van der Waals surface area contributed by atoms with Crippen LogP contribution in [0.25, 0.3) is 0 Å². The first-order valence-electron chi connectivity index (χ1n) is 5.80. The Morgan fingerprint density at radius 1 is 1.12 bits per heavy atom. The summed E-state index contributed by atoms with van der Waals surface area (Å²) in [7, 11) is 6.00. The van der Waals surface area contributed by atoms with Crippen LogP contribution in [0.5, 0.6) is 0 Å². The van der Waals surface area contributed by atoms with E-state index in [9.17, 15) is 0 Å². The Hall–Kier alpha value is -0.0400. The number of nitrogens with zero attached hydrogens (tertiary/aromatic N) is 2. The zero-order chi connectivity index (χ0) is 11.5. The van der Waals surface area contributed by atoms with Gasteiger partial charge in [-0.1, -0.05) is 13.3 Å². The van der Waals surface area contributed by atoms with Crippen LogP contribution in [-0.2, 0) is 0 Å². The van der Waals surface area contributed by atoms with Gasteiger partial charge < -0.3 is 15.5 Å². The molecule has 4 nitrogen and oxygen atoms in total. The molecule has 0 aromatic carbocycles. The summed E-state index contributed by atoms with van der Waals surface area (Å²) in [6.45, 7) is 5.28. The molecule has 0 saturated carbocycles. The van der Waals surface area contributed by atoms with Crippen LogP contribution < -0.4 is 10.6 Å². The van der Waals surface area contributed by atoms with Crippen molar-refractivity contribution in [1.29, 1.82) is 0 Å². The highest BCUT2D eigenvalue weighted by Gasteiger charge is 1.95. The Balaban J connectivity index is 0. The zero-order valence-corrected chi connectivity index (χ0v) is 13.4. The fraction of sp³-hybridized carbons (Fsp3) is 0.909. The van der Waals surface area contributed by atoms with Crippen LogP contribution in [0.1, 0.15) is 26.2 Å². The number of nitrogens with one attached hydrogen (secondary N) is 2. The van der Waals surface area contributed by atoms with Crippen molar-refractivity contribution in [1.82, 2.24) is 15.5 Å². The third-order valence-corrected chi connectivity index (χ3v) is 2.12. The second-order valence-corrected chi connectivity index (χ2v) is 3.94. The van der Waals surface area contributed by atoms with Gasteiger partial charge in [0.2, 0.25) is 0 Å². The molecule has 0 aliphatic rings. The van der Waals surface area contributed by atoms with Gasteiger partial charge in [0.1, 0.15) is 0 Å². The number of hydrogen-bond donors (Lipinski definition) is 2. The van der Waals surface area contributed by atoms with Crippen LogP contribution in [0.4, 0.5) is 0 Å². The minimum atomic E-state index is 0. The highest BCUT2D eigenvalue weighted by Crippen LogP contribution is 1.83. The van der Waals surface area contributed by atoms with Gasteiger partial charge in [0.25, 0.3) is 0 Å². The van der Waals surface area contributed by atoms with Crippen molar-refractivity contribution >= 4 is 29.9 Å². The molecule has 2 N–H and O–H groups in total. The van der Waals surface area contributed by atoms with Gasteiger partial charge in [-0.15, -0.1) is 24.0 Å². The highest BCUT2D eigenvalue weighted by atomic mass is 127. The van der Waals surface area contributed by atoms with E-state index in [1.165, 1.54) is 12.8 Å². The van der Waals surface area contributed by atoms with Gasteiger partial charge in [0, 0.05) is 20.1 Å². The Bertz CT molecular complexity index is 171. The first-order valence-corrected chi connectivity index (χ1v) is 5.80. The average Bonchev–Trinajstić information content (AvgIpc) is 2.21. The molecule has 0 aliphatic heterocycles. The Labute approximate surface area is 117 Å². The van der Waals surface area contributed by atoms with Crippen molar-refractivity contribution in [2.24, 2.45) is 4.99 Å². The van der Waals surface area contributed by atoms with Crippen LogP contribution in [-0.4, -0.2) is 51.6 Å². The number of unbranched alkanes of at least 4 members (excludes halogenated alkanes) is 1. The molecule has 0 spiro atoms. The largest absolute Gasteiger partial charge is 0.356 e. The van der Waals surface area contributed by atoms with E-state index in [1.807, 2.05) is 7.05 Å². The SMILES string of the molecule is CCCCNC(=NC)NCCCN(C)C.I. The second-order valence-electron chi connectivity index (χ2n) is 3.94. The molecule has 5 heteroatoms. The predicted molar refractivity (Wildman–Crippen MR) is 82.9 cm³/mol. The van der Waals surface area contributed by atoms with Crippen molar-refractivity contribution in [3.63, 3.8) is 0 Å². The summed E-state index contributed by atoms with van der Waals surface area (Å²) in [6.07, 6.45) is 3.55. The van der Waals surface area contributed by atoms with Crippen LogP contribution in [0.15, 0.2) is 4.99 Å². The molecule has 0 aromatic heterocycles. The normalized spacial score (nSPS) is 11.2. The summed E-state index contributed by atoms with van der Waals surface area (Å²) >= 11 is 0. The second kappa shape index (κ2) is 13.0. The molecule has 0 aromatic rings. The first-order chi connectivity index (χ1) is 7.20. The minimum Gasteiger partial charge on any atom is -0.356 e. The minimum absolute atomic E-state index is 0. The Morgan fingerprint density at radius 3 is 2.12 bits per heavy atom. The van der Waals surface area contributed by atoms with E-state index in [4.69, 9.17) is 0 Å². The smallest absolute Gasteiger partial charge is 0.190 e. The van der Waals surface area contributed by atoms with E-state index >= 15 is 0 Å². The van der Waals surface area contributed by atoms with Gasteiger partial charge in [-0.25, -0.2) is 0 Å². The summed E-state index contributed by atoms with van der Waals surface area (Å²) in [5.41, 5.74) is 0. The lowest BCUT2D eigenvalue weighted by Gasteiger charge is -2.13. The number of rotatable bonds is 7. The summed E-state index contributed by atoms with van der Waals surface area (Å²) < 4.78 is 0. The summed E-state index contributed by atoms with van der Waals surface area (Å²) in [6, 6.07) is 0. The summed E-state index contributed by atoms with van der Waals surface area (Å²) in [5, 5.41) is 6.58. The lowest BCUT2D eigenvalue weighted by atomic mass is 10.3. The fourth-order valence-electron chi connectivity index (χ4n) is 1.21. The molecular weight excluding hydrogens is 315 g/mol. The predicted octanol–water partition coefficient (Wildman–Crippen LogP) is 1.52. The fourth-order valence-corrected chi connectivity index (χ4v) is 1.21. The van der Waals surface area contributed by atoms with Crippen LogP contribution in [0.2, 0.25) is 0 Å². The quantitative estimate of drug-likeness (QED) is 0.319. The molecule has 0 fully saturated rings. The van der Waals surface area contributed by atoms with Gasteiger partial charge in [-0.2, -0.15) is 0 Å². The third kappa shape index (κ3) is 12.0. The molecule has 0 aliphatic carbocycles. The monoisotopic (exact) mass is 342 g/mol. The van der Waals surface area contributed by atoms with Gasteiger partial charge in [-0.3, -0.25) is 4.99 Å². The maximum Gasteiger partial charge on any atom is 0.190 e. The lowest BCUT2D eigenvalue weighted by Crippen LogP contribution is -2.38. The Morgan fingerprint density at radius 2 is 1.69 bits per heavy atom. The first kappa shape index (κ1) is 18.3. The van der Waals surface area contributed by atoms with E-state index in [-0.39, 0.29) is 24.0 Å². The van der Waals surface area contributed by atoms with Crippen LogP contribution >= 0.6 is 24.0 Å². The van der Waals surface area contributed by atoms with Gasteiger partial charge in [0.05, 0.1) is 0 Å². The molecule has 0 bridgehead atoms. The maximum absolute atomic E-state index is 4.16. The number of halogens is 1. The third-order valence-electron chi connectivity index (χ3n) is 2.12. The molecule has 0 heterocycles. The molecule has 0 amide bonds. The van der Waals surface area contributed by atoms with E-state index in [2.05, 4.69) is 41.5 Å². The van der Waals surface area contributed by atoms with E-state index < -0.39 is 0 Å². The van der Waals surface area contributed by atoms with E-state index in [0.29, 0.717) is 0 Å². The average molecular weight is 342 g/mol. The molecule has 16 heavy (non-hydrogen) atoms. The molecule has 98 valence electrons. The standard InChI is InChI=1S/C11H26N4.HI/c1-5-6-8-13-11(12-2)14-9-7-10-15(3)4;/h5-10H2,1-4H3,(H2,12,13,14);1H. The van der Waals surface area contributed by atoms with Crippen molar-refractivity contribution in [2.45, 2.75) is 26.2 Å². The molecule has 0 rings (SSSR count). The van der Waals surface area contributed by atoms with Gasteiger partial charge >= 0.3 is 0 Å². The maximum atomic E-state index is 4.16. The zero-order valence-electron chi connectivity index (χ0n) is 11.0. The number of guanidine groups is 1. The topological polar surface area (TPSA) is 39.7 Å². The number of aliphatic imine (C=N–C) groups is 1. The molecule has 0 atom stereocenters. The van der Waals surface area contributed by atoms with Crippen molar-refractivity contribution in [3.8, 4) is 0 Å². The number of hydrogen-bond acceptors (Lipinski definition) is 2. The highest BCUT2D eigenvalue weighted by molar-refractivity contribution is 14.0. The van der Waals surface area contributed by atoms with Crippen molar-refractivity contribution in [2.75, 3.05) is 40.8 Å². The van der Waals surface area contributed by atoms with Gasteiger partial charge in [0.15, 0.2) is 5.96 Å². The van der Waals surface area contributed by atoms with Crippen molar-refractivity contribution < 1.29 is 0 Å². The lowest BCUT2D eigenvalue weighted by molar-refractivity contribution is 0.399. The van der Waals surface area contributed by atoms with E-state index in [1.54, 1.807) is 0 Å². The van der Waals surface area contributed by atoms with Crippen molar-refractivity contribution in [3.05, 3.63) is 0 Å². The molecule has 0 saturated heterocycles. The van der Waals surface area contributed by atoms with E-state index in [0.717, 1.165) is 32.0 Å². The van der Waals surface area contributed by atoms with Gasteiger partial charge in [-0.05, 0) is 33.5 Å². The van der Waals surface area contributed by atoms with Crippen LogP contribution in [0.3, 0.4) is 0 Å². The molecule has 0 radical (unpaired) electrons. The summed E-state index contributed by atoms with van der Waals surface area (Å²) in [4.78, 5) is 6.35. The Kier molecular flexibility index (Phi) is 14.9. The molecule has 0 unspecified atom stereocenters.